The Balaban J connectivity index is 1.54. The quantitative estimate of drug-likeness (QED) is 0.734. The zero-order valence-corrected chi connectivity index (χ0v) is 12.3. The zero-order chi connectivity index (χ0) is 14.9. The van der Waals surface area contributed by atoms with E-state index in [-0.39, 0.29) is 11.7 Å². The number of ether oxygens (including phenoxy) is 1. The minimum absolute atomic E-state index is 0.00756. The number of morpholine rings is 1. The Morgan fingerprint density at radius 3 is 2.86 bits per heavy atom. The van der Waals surface area contributed by atoms with Crippen molar-refractivity contribution in [3.05, 3.63) is 24.0 Å². The molecule has 6 nitrogen and oxygen atoms in total. The minimum atomic E-state index is -0.188. The van der Waals surface area contributed by atoms with E-state index >= 15 is 0 Å². The van der Waals surface area contributed by atoms with Crippen molar-refractivity contribution in [3.63, 3.8) is 0 Å². The maximum atomic E-state index is 11.8. The van der Waals surface area contributed by atoms with Crippen molar-refractivity contribution in [2.75, 3.05) is 39.4 Å². The summed E-state index contributed by atoms with van der Waals surface area (Å²) < 4.78 is 5.31. The summed E-state index contributed by atoms with van der Waals surface area (Å²) >= 11 is 0. The summed E-state index contributed by atoms with van der Waals surface area (Å²) in [6, 6.07) is 1.42. The molecule has 1 amide bonds. The first-order valence-electron chi connectivity index (χ1n) is 7.48. The highest BCUT2D eigenvalue weighted by molar-refractivity contribution is 5.94. The predicted molar refractivity (Wildman–Crippen MR) is 79.3 cm³/mol. The first kappa shape index (κ1) is 15.7. The summed E-state index contributed by atoms with van der Waals surface area (Å²) in [5, 5.41) is 12.1. The monoisotopic (exact) mass is 293 g/mol. The molecule has 1 aromatic heterocycles. The molecule has 1 aromatic rings. The number of unbranched alkanes of at least 4 members (excludes halogenated alkanes) is 2. The van der Waals surface area contributed by atoms with E-state index in [0.717, 1.165) is 52.1 Å². The average molecular weight is 293 g/mol. The van der Waals surface area contributed by atoms with E-state index in [1.165, 1.54) is 18.5 Å². The molecule has 0 aliphatic carbocycles. The summed E-state index contributed by atoms with van der Waals surface area (Å²) in [4.78, 5) is 18.0. The van der Waals surface area contributed by atoms with Gasteiger partial charge < -0.3 is 15.2 Å². The lowest BCUT2D eigenvalue weighted by atomic mass is 10.2. The van der Waals surface area contributed by atoms with Crippen molar-refractivity contribution in [3.8, 4) is 5.75 Å². The molecule has 1 aliphatic heterocycles. The van der Waals surface area contributed by atoms with Gasteiger partial charge in [0.1, 0.15) is 5.75 Å². The molecule has 21 heavy (non-hydrogen) atoms. The summed E-state index contributed by atoms with van der Waals surface area (Å²) in [5.41, 5.74) is 0.392. The van der Waals surface area contributed by atoms with Crippen molar-refractivity contribution in [2.45, 2.75) is 19.3 Å². The maximum absolute atomic E-state index is 11.8. The van der Waals surface area contributed by atoms with Gasteiger partial charge >= 0.3 is 0 Å². The van der Waals surface area contributed by atoms with Gasteiger partial charge in [-0.2, -0.15) is 0 Å². The van der Waals surface area contributed by atoms with Crippen LogP contribution in [0.15, 0.2) is 18.5 Å². The number of aromatic hydroxyl groups is 1. The molecule has 0 unspecified atom stereocenters. The van der Waals surface area contributed by atoms with Crippen molar-refractivity contribution in [2.24, 2.45) is 0 Å². The Labute approximate surface area is 125 Å². The molecule has 2 N–H and O–H groups in total. The lowest BCUT2D eigenvalue weighted by Gasteiger charge is -2.26. The van der Waals surface area contributed by atoms with Crippen LogP contribution in [-0.4, -0.2) is 60.3 Å². The molecule has 2 heterocycles. The summed E-state index contributed by atoms with van der Waals surface area (Å²) in [5.74, 6) is -0.181. The smallest absolute Gasteiger partial charge is 0.252 e. The minimum Gasteiger partial charge on any atom is -0.506 e. The Kier molecular flexibility index (Phi) is 6.43. The van der Waals surface area contributed by atoms with Crippen molar-refractivity contribution < 1.29 is 14.6 Å². The average Bonchev–Trinajstić information content (AvgIpc) is 2.51. The third-order valence-electron chi connectivity index (χ3n) is 3.53. The third-order valence-corrected chi connectivity index (χ3v) is 3.53. The second-order valence-electron chi connectivity index (χ2n) is 5.20. The number of pyridine rings is 1. The second kappa shape index (κ2) is 8.59. The van der Waals surface area contributed by atoms with Crippen LogP contribution in [0.2, 0.25) is 0 Å². The summed E-state index contributed by atoms with van der Waals surface area (Å²) in [6.07, 6.45) is 5.96. The van der Waals surface area contributed by atoms with E-state index in [4.69, 9.17) is 4.74 Å². The Morgan fingerprint density at radius 1 is 1.29 bits per heavy atom. The van der Waals surface area contributed by atoms with Gasteiger partial charge in [0.15, 0.2) is 0 Å². The molecule has 6 heteroatoms. The van der Waals surface area contributed by atoms with Crippen LogP contribution in [0.1, 0.15) is 29.6 Å². The van der Waals surface area contributed by atoms with Crippen LogP contribution in [0.25, 0.3) is 0 Å². The topological polar surface area (TPSA) is 74.7 Å². The van der Waals surface area contributed by atoms with Crippen LogP contribution in [-0.2, 0) is 4.74 Å². The van der Waals surface area contributed by atoms with Crippen LogP contribution in [0.4, 0.5) is 0 Å². The highest BCUT2D eigenvalue weighted by atomic mass is 16.5. The first-order chi connectivity index (χ1) is 10.3. The number of aromatic nitrogens is 1. The molecule has 1 fully saturated rings. The number of nitrogens with one attached hydrogen (secondary N) is 1. The SMILES string of the molecule is O=C(NCCCCCN1CCOCC1)c1cncc(O)c1. The normalized spacial score (nSPS) is 15.8. The molecule has 0 aromatic carbocycles. The lowest BCUT2D eigenvalue weighted by molar-refractivity contribution is 0.0371. The number of hydrogen-bond donors (Lipinski definition) is 2. The molecule has 0 saturated carbocycles. The van der Waals surface area contributed by atoms with E-state index in [9.17, 15) is 9.90 Å². The number of carbonyl (C=O) groups is 1. The van der Waals surface area contributed by atoms with E-state index < -0.39 is 0 Å². The highest BCUT2D eigenvalue weighted by Gasteiger charge is 2.09. The molecule has 0 radical (unpaired) electrons. The van der Waals surface area contributed by atoms with Gasteiger partial charge in [-0.3, -0.25) is 14.7 Å². The first-order valence-corrected chi connectivity index (χ1v) is 7.48. The van der Waals surface area contributed by atoms with Gasteiger partial charge in [0.25, 0.3) is 5.91 Å². The Morgan fingerprint density at radius 2 is 2.10 bits per heavy atom. The fourth-order valence-corrected chi connectivity index (χ4v) is 2.32. The van der Waals surface area contributed by atoms with Gasteiger partial charge in [-0.1, -0.05) is 6.42 Å². The molecule has 1 aliphatic rings. The summed E-state index contributed by atoms with van der Waals surface area (Å²) in [7, 11) is 0. The molecular weight excluding hydrogens is 270 g/mol. The van der Waals surface area contributed by atoms with Gasteiger partial charge in [-0.15, -0.1) is 0 Å². The third kappa shape index (κ3) is 5.69. The molecule has 0 spiro atoms. The van der Waals surface area contributed by atoms with Crippen molar-refractivity contribution in [1.82, 2.24) is 15.2 Å². The highest BCUT2D eigenvalue weighted by Crippen LogP contribution is 2.08. The largest absolute Gasteiger partial charge is 0.506 e. The fraction of sp³-hybridized carbons (Fsp3) is 0.600. The van der Waals surface area contributed by atoms with Crippen LogP contribution in [0, 0.1) is 0 Å². The standard InChI is InChI=1S/C15H23N3O3/c19-14-10-13(11-16-12-14)15(20)17-4-2-1-3-5-18-6-8-21-9-7-18/h10-12,19H,1-9H2,(H,17,20). The zero-order valence-electron chi connectivity index (χ0n) is 12.3. The Bertz CT molecular complexity index is 448. The van der Waals surface area contributed by atoms with Crippen molar-refractivity contribution in [1.29, 1.82) is 0 Å². The second-order valence-corrected chi connectivity index (χ2v) is 5.20. The molecule has 1 saturated heterocycles. The van der Waals surface area contributed by atoms with Crippen LogP contribution >= 0.6 is 0 Å². The number of hydrogen-bond acceptors (Lipinski definition) is 5. The van der Waals surface area contributed by atoms with E-state index in [0.29, 0.717) is 12.1 Å². The molecule has 2 rings (SSSR count). The van der Waals surface area contributed by atoms with Gasteiger partial charge in [-0.05, 0) is 25.5 Å². The van der Waals surface area contributed by atoms with Gasteiger partial charge in [0.05, 0.1) is 25.0 Å². The van der Waals surface area contributed by atoms with Crippen LogP contribution < -0.4 is 5.32 Å². The van der Waals surface area contributed by atoms with Crippen LogP contribution in [0.5, 0.6) is 5.75 Å². The number of rotatable bonds is 7. The number of carbonyl (C=O) groups excluding carboxylic acids is 1. The fourth-order valence-electron chi connectivity index (χ4n) is 2.32. The molecule has 0 bridgehead atoms. The van der Waals surface area contributed by atoms with E-state index in [1.807, 2.05) is 0 Å². The van der Waals surface area contributed by atoms with Gasteiger partial charge in [0.2, 0.25) is 0 Å². The Hall–Kier alpha value is -1.66. The lowest BCUT2D eigenvalue weighted by Crippen LogP contribution is -2.36. The molecule has 0 atom stereocenters. The maximum Gasteiger partial charge on any atom is 0.252 e. The van der Waals surface area contributed by atoms with E-state index in [1.54, 1.807) is 0 Å². The molecule has 116 valence electrons. The van der Waals surface area contributed by atoms with Crippen LogP contribution in [0.3, 0.4) is 0 Å². The predicted octanol–water partition coefficient (Wildman–Crippen LogP) is 1.02. The van der Waals surface area contributed by atoms with Gasteiger partial charge in [0, 0.05) is 25.8 Å². The van der Waals surface area contributed by atoms with Crippen molar-refractivity contribution >= 4 is 5.91 Å². The molecular formula is C15H23N3O3. The summed E-state index contributed by atoms with van der Waals surface area (Å²) in [6.45, 7) is 5.50. The number of amides is 1. The van der Waals surface area contributed by atoms with Gasteiger partial charge in [-0.25, -0.2) is 0 Å². The van der Waals surface area contributed by atoms with E-state index in [2.05, 4.69) is 15.2 Å². The number of nitrogens with zero attached hydrogens (tertiary/aromatic N) is 2.